The Labute approximate surface area is 208 Å². The second-order valence-electron chi connectivity index (χ2n) is 7.67. The van der Waals surface area contributed by atoms with Gasteiger partial charge in [0.1, 0.15) is 12.0 Å². The predicted molar refractivity (Wildman–Crippen MR) is 128 cm³/mol. The topological polar surface area (TPSA) is 64.0 Å². The van der Waals surface area contributed by atoms with Crippen LogP contribution in [0.25, 0.3) is 5.69 Å². The summed E-state index contributed by atoms with van der Waals surface area (Å²) in [6.07, 6.45) is -2.14. The second kappa shape index (κ2) is 9.56. The molecule has 0 saturated carbocycles. The number of aryl methyl sites for hydroxylation is 1. The summed E-state index contributed by atoms with van der Waals surface area (Å²) >= 11 is 11.8. The number of hydrogen-bond acceptors (Lipinski definition) is 3. The summed E-state index contributed by atoms with van der Waals surface area (Å²) in [4.78, 5) is 30.0. The third-order valence-electron chi connectivity index (χ3n) is 5.12. The Balaban J connectivity index is 1.65. The zero-order valence-electron chi connectivity index (χ0n) is 18.0. The summed E-state index contributed by atoms with van der Waals surface area (Å²) in [6, 6.07) is 14.7. The van der Waals surface area contributed by atoms with Crippen molar-refractivity contribution in [3.63, 3.8) is 0 Å². The Morgan fingerprint density at radius 1 is 1.00 bits per heavy atom. The van der Waals surface area contributed by atoms with Crippen LogP contribution in [-0.2, 0) is 6.18 Å². The SMILES string of the molecule is Cc1cccc(C(=O)Nc2ccc(Cl)cc2C(=O)c2cn(-c3ccc(Cl)c(C(F)(F)F)c3)cn2)c1. The average molecular weight is 518 g/mol. The van der Waals surface area contributed by atoms with Gasteiger partial charge < -0.3 is 9.88 Å². The van der Waals surface area contributed by atoms with Crippen LogP contribution in [0, 0.1) is 6.92 Å². The lowest BCUT2D eigenvalue weighted by Crippen LogP contribution is -2.15. The molecule has 0 saturated heterocycles. The predicted octanol–water partition coefficient (Wildman–Crippen LogP) is 6.99. The minimum absolute atomic E-state index is 0.0539. The molecule has 0 spiro atoms. The molecule has 10 heteroatoms. The number of halogens is 5. The molecule has 3 aromatic carbocycles. The second-order valence-corrected chi connectivity index (χ2v) is 8.51. The lowest BCUT2D eigenvalue weighted by Gasteiger charge is -2.11. The maximum atomic E-state index is 13.2. The van der Waals surface area contributed by atoms with Crippen molar-refractivity contribution in [1.29, 1.82) is 0 Å². The van der Waals surface area contributed by atoms with Crippen LogP contribution in [0.5, 0.6) is 0 Å². The molecule has 0 radical (unpaired) electrons. The first-order valence-corrected chi connectivity index (χ1v) is 10.9. The number of aromatic nitrogens is 2. The van der Waals surface area contributed by atoms with Crippen LogP contribution in [-0.4, -0.2) is 21.2 Å². The Kier molecular flexibility index (Phi) is 6.69. The molecule has 0 aliphatic carbocycles. The zero-order valence-corrected chi connectivity index (χ0v) is 19.5. The molecular formula is C25H16Cl2F3N3O2. The quantitative estimate of drug-likeness (QED) is 0.290. The summed E-state index contributed by atoms with van der Waals surface area (Å²) in [5.41, 5.74) is 0.655. The van der Waals surface area contributed by atoms with E-state index in [2.05, 4.69) is 10.3 Å². The van der Waals surface area contributed by atoms with Gasteiger partial charge in [-0.3, -0.25) is 9.59 Å². The summed E-state index contributed by atoms with van der Waals surface area (Å²) in [5.74, 6) is -0.993. The van der Waals surface area contributed by atoms with Crippen molar-refractivity contribution in [1.82, 2.24) is 9.55 Å². The number of benzene rings is 3. The van der Waals surface area contributed by atoms with E-state index in [1.54, 1.807) is 18.2 Å². The van der Waals surface area contributed by atoms with Crippen LogP contribution in [0.4, 0.5) is 18.9 Å². The van der Waals surface area contributed by atoms with Gasteiger partial charge in [0.25, 0.3) is 5.91 Å². The Bertz CT molecular complexity index is 1450. The number of amides is 1. The molecule has 0 atom stereocenters. The first-order valence-electron chi connectivity index (χ1n) is 10.2. The zero-order chi connectivity index (χ0) is 25.3. The molecule has 0 aliphatic rings. The molecule has 0 unspecified atom stereocenters. The van der Waals surface area contributed by atoms with Crippen molar-refractivity contribution in [3.05, 3.63) is 111 Å². The lowest BCUT2D eigenvalue weighted by atomic mass is 10.1. The molecular weight excluding hydrogens is 502 g/mol. The van der Waals surface area contributed by atoms with Crippen LogP contribution in [0.1, 0.15) is 37.5 Å². The number of carbonyl (C=O) groups excluding carboxylic acids is 2. The summed E-state index contributed by atoms with van der Waals surface area (Å²) < 4.78 is 40.9. The highest BCUT2D eigenvalue weighted by Crippen LogP contribution is 2.36. The van der Waals surface area contributed by atoms with Gasteiger partial charge in [-0.15, -0.1) is 0 Å². The van der Waals surface area contributed by atoms with E-state index in [0.29, 0.717) is 5.56 Å². The van der Waals surface area contributed by atoms with E-state index < -0.39 is 28.5 Å². The first-order chi connectivity index (χ1) is 16.5. The van der Waals surface area contributed by atoms with Crippen LogP contribution < -0.4 is 5.32 Å². The highest BCUT2D eigenvalue weighted by atomic mass is 35.5. The molecule has 1 amide bonds. The Morgan fingerprint density at radius 3 is 2.49 bits per heavy atom. The van der Waals surface area contributed by atoms with Crippen molar-refractivity contribution in [2.24, 2.45) is 0 Å². The van der Waals surface area contributed by atoms with Crippen LogP contribution in [0.15, 0.2) is 73.2 Å². The maximum Gasteiger partial charge on any atom is 0.417 e. The number of nitrogens with zero attached hydrogens (tertiary/aromatic N) is 2. The van der Waals surface area contributed by atoms with Gasteiger partial charge in [-0.2, -0.15) is 13.2 Å². The van der Waals surface area contributed by atoms with E-state index in [4.69, 9.17) is 23.2 Å². The normalized spacial score (nSPS) is 11.4. The van der Waals surface area contributed by atoms with Gasteiger partial charge in [0, 0.05) is 28.0 Å². The van der Waals surface area contributed by atoms with Crippen LogP contribution in [0.2, 0.25) is 10.0 Å². The number of ketones is 1. The van der Waals surface area contributed by atoms with Crippen molar-refractivity contribution in [2.75, 3.05) is 5.32 Å². The van der Waals surface area contributed by atoms with Gasteiger partial charge in [-0.05, 0) is 55.5 Å². The van der Waals surface area contributed by atoms with Gasteiger partial charge in [0.2, 0.25) is 5.78 Å². The number of anilines is 1. The van der Waals surface area contributed by atoms with E-state index >= 15 is 0 Å². The molecule has 4 aromatic rings. The first kappa shape index (κ1) is 24.5. The molecule has 5 nitrogen and oxygen atoms in total. The number of nitrogens with one attached hydrogen (secondary N) is 1. The van der Waals surface area contributed by atoms with E-state index in [9.17, 15) is 22.8 Å². The summed E-state index contributed by atoms with van der Waals surface area (Å²) in [5, 5.41) is 2.53. The number of alkyl halides is 3. The fourth-order valence-electron chi connectivity index (χ4n) is 3.40. The number of hydrogen-bond donors (Lipinski definition) is 1. The Hall–Kier alpha value is -3.62. The number of imidazole rings is 1. The third-order valence-corrected chi connectivity index (χ3v) is 5.69. The molecule has 1 heterocycles. The molecule has 0 bridgehead atoms. The lowest BCUT2D eigenvalue weighted by molar-refractivity contribution is -0.137. The third kappa shape index (κ3) is 5.39. The minimum atomic E-state index is -4.64. The molecule has 0 aliphatic heterocycles. The molecule has 178 valence electrons. The van der Waals surface area contributed by atoms with Crippen LogP contribution in [0.3, 0.4) is 0 Å². The Morgan fingerprint density at radius 2 is 1.77 bits per heavy atom. The fraction of sp³-hybridized carbons (Fsp3) is 0.0800. The number of rotatable bonds is 5. The largest absolute Gasteiger partial charge is 0.417 e. The molecule has 1 N–H and O–H groups in total. The van der Waals surface area contributed by atoms with E-state index in [1.165, 1.54) is 41.4 Å². The van der Waals surface area contributed by atoms with Crippen molar-refractivity contribution in [3.8, 4) is 5.69 Å². The van der Waals surface area contributed by atoms with Gasteiger partial charge in [0.05, 0.1) is 16.3 Å². The molecule has 35 heavy (non-hydrogen) atoms. The van der Waals surface area contributed by atoms with Crippen molar-refractivity contribution < 1.29 is 22.8 Å². The van der Waals surface area contributed by atoms with Crippen molar-refractivity contribution in [2.45, 2.75) is 13.1 Å². The standard InChI is InChI=1S/C25H16Cl2F3N3O2/c1-14-3-2-4-15(9-14)24(35)32-21-8-5-16(26)10-18(21)23(34)22-12-33(13-31-22)17-6-7-20(27)19(11-17)25(28,29)30/h2-13H,1H3,(H,32,35). The van der Waals surface area contributed by atoms with E-state index in [1.807, 2.05) is 13.0 Å². The van der Waals surface area contributed by atoms with Gasteiger partial charge in [-0.1, -0.05) is 40.9 Å². The smallest absolute Gasteiger partial charge is 0.321 e. The van der Waals surface area contributed by atoms with Crippen molar-refractivity contribution >= 4 is 40.6 Å². The fourth-order valence-corrected chi connectivity index (χ4v) is 3.80. The molecule has 1 aromatic heterocycles. The van der Waals surface area contributed by atoms with Gasteiger partial charge >= 0.3 is 6.18 Å². The highest BCUT2D eigenvalue weighted by molar-refractivity contribution is 6.32. The number of carbonyl (C=O) groups is 2. The highest BCUT2D eigenvalue weighted by Gasteiger charge is 2.33. The summed E-state index contributed by atoms with van der Waals surface area (Å²) in [6.45, 7) is 1.85. The van der Waals surface area contributed by atoms with E-state index in [0.717, 1.165) is 17.7 Å². The van der Waals surface area contributed by atoms with Gasteiger partial charge in [-0.25, -0.2) is 4.98 Å². The van der Waals surface area contributed by atoms with Crippen LogP contribution >= 0.6 is 23.2 Å². The van der Waals surface area contributed by atoms with E-state index in [-0.39, 0.29) is 27.7 Å². The monoisotopic (exact) mass is 517 g/mol. The molecule has 4 rings (SSSR count). The average Bonchev–Trinajstić information content (AvgIpc) is 3.29. The minimum Gasteiger partial charge on any atom is -0.321 e. The molecule has 0 fully saturated rings. The van der Waals surface area contributed by atoms with Gasteiger partial charge in [0.15, 0.2) is 0 Å². The maximum absolute atomic E-state index is 13.2. The summed E-state index contributed by atoms with van der Waals surface area (Å²) in [7, 11) is 0.